The summed E-state index contributed by atoms with van der Waals surface area (Å²) in [5.41, 5.74) is 0.797. The Labute approximate surface area is 130 Å². The Hall–Kier alpha value is -1.75. The van der Waals surface area contributed by atoms with Crippen molar-refractivity contribution >= 4 is 5.91 Å². The lowest BCUT2D eigenvalue weighted by atomic mass is 9.60. The maximum Gasteiger partial charge on any atom is 0.255 e. The van der Waals surface area contributed by atoms with E-state index in [2.05, 4.69) is 5.32 Å². The predicted octanol–water partition coefficient (Wildman–Crippen LogP) is 2.39. The first-order valence-electron chi connectivity index (χ1n) is 7.79. The molecule has 0 radical (unpaired) electrons. The molecule has 1 atom stereocenters. The molecule has 1 aliphatic heterocycles. The van der Waals surface area contributed by atoms with E-state index in [0.717, 1.165) is 32.5 Å². The molecular formula is C17H23NO4. The van der Waals surface area contributed by atoms with Crippen LogP contribution in [-0.2, 0) is 4.74 Å². The fraction of sp³-hybridized carbons (Fsp3) is 0.588. The van der Waals surface area contributed by atoms with E-state index in [0.29, 0.717) is 17.1 Å². The summed E-state index contributed by atoms with van der Waals surface area (Å²) in [6.07, 6.45) is 4.31. The van der Waals surface area contributed by atoms with Crippen LogP contribution in [0.4, 0.5) is 0 Å². The summed E-state index contributed by atoms with van der Waals surface area (Å²) < 4.78 is 15.9. The maximum atomic E-state index is 12.6. The minimum Gasteiger partial charge on any atom is -0.497 e. The molecule has 1 aliphatic carbocycles. The fourth-order valence-electron chi connectivity index (χ4n) is 3.52. The first-order valence-corrected chi connectivity index (χ1v) is 7.79. The van der Waals surface area contributed by atoms with Crippen molar-refractivity contribution in [1.82, 2.24) is 5.32 Å². The van der Waals surface area contributed by atoms with Crippen molar-refractivity contribution in [2.24, 2.45) is 5.41 Å². The Morgan fingerprint density at radius 1 is 1.23 bits per heavy atom. The summed E-state index contributed by atoms with van der Waals surface area (Å²) in [4.78, 5) is 12.6. The molecular weight excluding hydrogens is 282 g/mol. The summed E-state index contributed by atoms with van der Waals surface area (Å²) in [6.45, 7) is 1.61. The molecule has 22 heavy (non-hydrogen) atoms. The quantitative estimate of drug-likeness (QED) is 0.928. The average molecular weight is 305 g/mol. The molecule has 1 aromatic rings. The Bertz CT molecular complexity index is 552. The van der Waals surface area contributed by atoms with Gasteiger partial charge in [0.05, 0.1) is 19.8 Å². The highest BCUT2D eigenvalue weighted by molar-refractivity contribution is 5.97. The second-order valence-electron chi connectivity index (χ2n) is 6.11. The van der Waals surface area contributed by atoms with Gasteiger partial charge in [-0.2, -0.15) is 0 Å². The van der Waals surface area contributed by atoms with Crippen LogP contribution in [0.1, 0.15) is 36.0 Å². The number of rotatable bonds is 4. The molecule has 0 aromatic heterocycles. The summed E-state index contributed by atoms with van der Waals surface area (Å²) in [6, 6.07) is 5.51. The number of hydrogen-bond acceptors (Lipinski definition) is 4. The molecule has 2 fully saturated rings. The zero-order valence-corrected chi connectivity index (χ0v) is 13.2. The van der Waals surface area contributed by atoms with Gasteiger partial charge in [0, 0.05) is 25.3 Å². The van der Waals surface area contributed by atoms with E-state index in [1.807, 2.05) is 0 Å². The highest BCUT2D eigenvalue weighted by Gasteiger charge is 2.48. The summed E-state index contributed by atoms with van der Waals surface area (Å²) in [5.74, 6) is 1.14. The summed E-state index contributed by atoms with van der Waals surface area (Å²) in [5, 5.41) is 3.19. The van der Waals surface area contributed by atoms with E-state index < -0.39 is 0 Å². The van der Waals surface area contributed by atoms with Gasteiger partial charge in [-0.3, -0.25) is 4.79 Å². The highest BCUT2D eigenvalue weighted by atomic mass is 16.5. The Balaban J connectivity index is 1.72. The van der Waals surface area contributed by atoms with Gasteiger partial charge in [-0.15, -0.1) is 0 Å². The second-order valence-corrected chi connectivity index (χ2v) is 6.11. The lowest BCUT2D eigenvalue weighted by molar-refractivity contribution is -0.0523. The van der Waals surface area contributed by atoms with E-state index in [1.54, 1.807) is 32.4 Å². The molecule has 1 saturated carbocycles. The molecule has 1 N–H and O–H groups in total. The van der Waals surface area contributed by atoms with E-state index in [9.17, 15) is 4.79 Å². The molecule has 3 rings (SSSR count). The summed E-state index contributed by atoms with van der Waals surface area (Å²) in [7, 11) is 3.16. The van der Waals surface area contributed by atoms with Crippen LogP contribution in [0.25, 0.3) is 0 Å². The average Bonchev–Trinajstić information content (AvgIpc) is 2.58. The third kappa shape index (κ3) is 2.65. The third-order valence-electron chi connectivity index (χ3n) is 5.12. The Morgan fingerprint density at radius 3 is 2.59 bits per heavy atom. The molecule has 2 aliphatic rings. The number of carbonyl (C=O) groups is 1. The number of amides is 1. The van der Waals surface area contributed by atoms with Gasteiger partial charge in [-0.05, 0) is 43.2 Å². The van der Waals surface area contributed by atoms with Crippen molar-refractivity contribution in [2.45, 2.75) is 31.7 Å². The topological polar surface area (TPSA) is 56.8 Å². The fourth-order valence-corrected chi connectivity index (χ4v) is 3.52. The van der Waals surface area contributed by atoms with Crippen LogP contribution >= 0.6 is 0 Å². The van der Waals surface area contributed by atoms with E-state index in [-0.39, 0.29) is 17.4 Å². The smallest absolute Gasteiger partial charge is 0.255 e. The number of methoxy groups -OCH3 is 2. The van der Waals surface area contributed by atoms with Crippen molar-refractivity contribution in [3.8, 4) is 11.5 Å². The number of benzene rings is 1. The largest absolute Gasteiger partial charge is 0.497 e. The van der Waals surface area contributed by atoms with E-state index in [4.69, 9.17) is 14.2 Å². The number of nitrogens with one attached hydrogen (secondary N) is 1. The van der Waals surface area contributed by atoms with Gasteiger partial charge in [0.15, 0.2) is 0 Å². The Kier molecular flexibility index (Phi) is 4.25. The molecule has 0 bridgehead atoms. The van der Waals surface area contributed by atoms with Gasteiger partial charge in [0.2, 0.25) is 0 Å². The van der Waals surface area contributed by atoms with E-state index in [1.165, 1.54) is 6.42 Å². The zero-order valence-electron chi connectivity index (χ0n) is 13.2. The van der Waals surface area contributed by atoms with Gasteiger partial charge < -0.3 is 19.5 Å². The van der Waals surface area contributed by atoms with Gasteiger partial charge in [-0.25, -0.2) is 0 Å². The molecule has 1 heterocycles. The lowest BCUT2D eigenvalue weighted by Crippen LogP contribution is -2.57. The number of ether oxygens (including phenoxy) is 3. The van der Waals surface area contributed by atoms with Gasteiger partial charge in [0.25, 0.3) is 5.91 Å². The van der Waals surface area contributed by atoms with Crippen molar-refractivity contribution in [1.29, 1.82) is 0 Å². The van der Waals surface area contributed by atoms with Crippen LogP contribution in [0.15, 0.2) is 18.2 Å². The number of hydrogen-bond donors (Lipinski definition) is 1. The molecule has 1 aromatic carbocycles. The summed E-state index contributed by atoms with van der Waals surface area (Å²) >= 11 is 0. The third-order valence-corrected chi connectivity index (χ3v) is 5.12. The normalized spacial score (nSPS) is 22.7. The van der Waals surface area contributed by atoms with Crippen LogP contribution in [0.3, 0.4) is 0 Å². The number of carbonyl (C=O) groups excluding carboxylic acids is 1. The monoisotopic (exact) mass is 305 g/mol. The molecule has 1 spiro atoms. The SMILES string of the molecule is COc1ccc(C(=O)NC2CCC23CCOCC3)c(OC)c1. The zero-order chi connectivity index (χ0) is 15.6. The van der Waals surface area contributed by atoms with Gasteiger partial charge >= 0.3 is 0 Å². The second kappa shape index (κ2) is 6.16. The van der Waals surface area contributed by atoms with Crippen molar-refractivity contribution in [2.75, 3.05) is 27.4 Å². The minimum atomic E-state index is -0.0740. The van der Waals surface area contributed by atoms with Crippen LogP contribution in [0, 0.1) is 5.41 Å². The van der Waals surface area contributed by atoms with Crippen molar-refractivity contribution in [3.05, 3.63) is 23.8 Å². The molecule has 1 unspecified atom stereocenters. The van der Waals surface area contributed by atoms with Crippen molar-refractivity contribution < 1.29 is 19.0 Å². The standard InChI is InChI=1S/C17H23NO4/c1-20-12-3-4-13(14(11-12)21-2)16(19)18-15-5-6-17(15)7-9-22-10-8-17/h3-4,11,15H,5-10H2,1-2H3,(H,18,19). The first-order chi connectivity index (χ1) is 10.7. The van der Waals surface area contributed by atoms with Crippen LogP contribution < -0.4 is 14.8 Å². The lowest BCUT2D eigenvalue weighted by Gasteiger charge is -2.52. The molecule has 5 nitrogen and oxygen atoms in total. The maximum absolute atomic E-state index is 12.6. The minimum absolute atomic E-state index is 0.0740. The predicted molar refractivity (Wildman–Crippen MR) is 82.5 cm³/mol. The van der Waals surface area contributed by atoms with E-state index >= 15 is 0 Å². The van der Waals surface area contributed by atoms with Crippen molar-refractivity contribution in [3.63, 3.8) is 0 Å². The highest BCUT2D eigenvalue weighted by Crippen LogP contribution is 2.48. The molecule has 1 saturated heterocycles. The Morgan fingerprint density at radius 2 is 2.00 bits per heavy atom. The molecule has 120 valence electrons. The first kappa shape index (κ1) is 15.2. The molecule has 1 amide bonds. The van der Waals surface area contributed by atoms with Crippen LogP contribution in [0.2, 0.25) is 0 Å². The van der Waals surface area contributed by atoms with Crippen LogP contribution in [0.5, 0.6) is 11.5 Å². The van der Waals surface area contributed by atoms with Gasteiger partial charge in [-0.1, -0.05) is 0 Å². The van der Waals surface area contributed by atoms with Gasteiger partial charge in [0.1, 0.15) is 11.5 Å². The molecule has 5 heteroatoms. The van der Waals surface area contributed by atoms with Crippen LogP contribution in [-0.4, -0.2) is 39.4 Å².